The topological polar surface area (TPSA) is 50.2 Å². The SMILES string of the molecule is CCC(Cl)c1ncc(C(=O)O)cc1CCl. The normalized spacial score (nSPS) is 12.5. The van der Waals surface area contributed by atoms with Crippen LogP contribution in [-0.4, -0.2) is 16.1 Å². The van der Waals surface area contributed by atoms with Crippen molar-refractivity contribution in [1.29, 1.82) is 0 Å². The van der Waals surface area contributed by atoms with Gasteiger partial charge in [-0.3, -0.25) is 4.98 Å². The van der Waals surface area contributed by atoms with Crippen LogP contribution in [0.2, 0.25) is 0 Å². The summed E-state index contributed by atoms with van der Waals surface area (Å²) in [6.07, 6.45) is 2.03. The van der Waals surface area contributed by atoms with E-state index in [0.717, 1.165) is 6.42 Å². The Hall–Kier alpha value is -0.800. The first-order valence-corrected chi connectivity index (χ1v) is 5.49. The molecule has 0 amide bonds. The highest BCUT2D eigenvalue weighted by Crippen LogP contribution is 2.26. The number of carboxylic acid groups (broad SMARTS) is 1. The molecule has 1 N–H and O–H groups in total. The van der Waals surface area contributed by atoms with Crippen molar-refractivity contribution in [2.45, 2.75) is 24.6 Å². The minimum Gasteiger partial charge on any atom is -0.478 e. The average Bonchev–Trinajstić information content (AvgIpc) is 2.27. The molecule has 1 heterocycles. The molecule has 5 heteroatoms. The van der Waals surface area contributed by atoms with Crippen molar-refractivity contribution in [3.63, 3.8) is 0 Å². The van der Waals surface area contributed by atoms with Gasteiger partial charge in [-0.05, 0) is 18.1 Å². The van der Waals surface area contributed by atoms with E-state index in [-0.39, 0.29) is 16.8 Å². The summed E-state index contributed by atoms with van der Waals surface area (Å²) in [5.41, 5.74) is 1.48. The van der Waals surface area contributed by atoms with Crippen molar-refractivity contribution in [2.24, 2.45) is 0 Å². The van der Waals surface area contributed by atoms with E-state index in [0.29, 0.717) is 11.3 Å². The third-order valence-corrected chi connectivity index (χ3v) is 2.85. The van der Waals surface area contributed by atoms with Gasteiger partial charge < -0.3 is 5.11 Å². The lowest BCUT2D eigenvalue weighted by atomic mass is 10.1. The third kappa shape index (κ3) is 2.83. The maximum atomic E-state index is 10.7. The predicted molar refractivity (Wildman–Crippen MR) is 59.6 cm³/mol. The van der Waals surface area contributed by atoms with E-state index in [1.54, 1.807) is 0 Å². The fourth-order valence-corrected chi connectivity index (χ4v) is 1.63. The van der Waals surface area contributed by atoms with Crippen LogP contribution >= 0.6 is 23.2 Å². The van der Waals surface area contributed by atoms with Crippen molar-refractivity contribution >= 4 is 29.2 Å². The van der Waals surface area contributed by atoms with Crippen molar-refractivity contribution < 1.29 is 9.90 Å². The fourth-order valence-electron chi connectivity index (χ4n) is 1.22. The number of aromatic nitrogens is 1. The number of aromatic carboxylic acids is 1. The highest BCUT2D eigenvalue weighted by molar-refractivity contribution is 6.21. The molecule has 1 aromatic heterocycles. The molecule has 0 radical (unpaired) electrons. The standard InChI is InChI=1S/C10H11Cl2NO2/c1-2-8(12)9-6(4-11)3-7(5-13-9)10(14)15/h3,5,8H,2,4H2,1H3,(H,14,15). The molecule has 82 valence electrons. The van der Waals surface area contributed by atoms with Crippen LogP contribution in [0.5, 0.6) is 0 Å². The van der Waals surface area contributed by atoms with E-state index in [9.17, 15) is 4.79 Å². The molecule has 0 aromatic carbocycles. The molecular weight excluding hydrogens is 237 g/mol. The number of hydrogen-bond acceptors (Lipinski definition) is 2. The fraction of sp³-hybridized carbons (Fsp3) is 0.400. The quantitative estimate of drug-likeness (QED) is 0.832. The van der Waals surface area contributed by atoms with E-state index >= 15 is 0 Å². The van der Waals surface area contributed by atoms with Gasteiger partial charge in [-0.25, -0.2) is 4.79 Å². The van der Waals surface area contributed by atoms with E-state index in [1.165, 1.54) is 12.3 Å². The van der Waals surface area contributed by atoms with E-state index in [1.807, 2.05) is 6.92 Å². The Kier molecular flexibility index (Phi) is 4.36. The van der Waals surface area contributed by atoms with Crippen molar-refractivity contribution in [2.75, 3.05) is 0 Å². The highest BCUT2D eigenvalue weighted by atomic mass is 35.5. The number of hydrogen-bond donors (Lipinski definition) is 1. The summed E-state index contributed by atoms with van der Waals surface area (Å²) < 4.78 is 0. The zero-order valence-electron chi connectivity index (χ0n) is 8.20. The summed E-state index contributed by atoms with van der Waals surface area (Å²) in [6, 6.07) is 1.52. The highest BCUT2D eigenvalue weighted by Gasteiger charge is 2.14. The molecule has 0 bridgehead atoms. The summed E-state index contributed by atoms with van der Waals surface area (Å²) >= 11 is 11.8. The van der Waals surface area contributed by atoms with Gasteiger partial charge in [-0.1, -0.05) is 6.92 Å². The summed E-state index contributed by atoms with van der Waals surface area (Å²) in [5.74, 6) is -0.796. The first-order chi connectivity index (χ1) is 7.10. The second-order valence-corrected chi connectivity index (χ2v) is 3.88. The molecule has 0 saturated heterocycles. The zero-order chi connectivity index (χ0) is 11.4. The molecule has 1 unspecified atom stereocenters. The van der Waals surface area contributed by atoms with Crippen LogP contribution in [0.1, 0.15) is 40.3 Å². The summed E-state index contributed by atoms with van der Waals surface area (Å²) in [5, 5.41) is 8.55. The molecule has 1 rings (SSSR count). The monoisotopic (exact) mass is 247 g/mol. The minimum absolute atomic E-state index is 0.134. The van der Waals surface area contributed by atoms with Gasteiger partial charge in [0.1, 0.15) is 0 Å². The van der Waals surface area contributed by atoms with E-state index in [2.05, 4.69) is 4.98 Å². The lowest BCUT2D eigenvalue weighted by Crippen LogP contribution is -2.04. The van der Waals surface area contributed by atoms with Crippen LogP contribution in [0, 0.1) is 0 Å². The van der Waals surface area contributed by atoms with Crippen LogP contribution in [0.4, 0.5) is 0 Å². The molecule has 0 aliphatic carbocycles. The maximum Gasteiger partial charge on any atom is 0.337 e. The second-order valence-electron chi connectivity index (χ2n) is 3.08. The van der Waals surface area contributed by atoms with Gasteiger partial charge in [-0.15, -0.1) is 23.2 Å². The Balaban J connectivity index is 3.14. The Morgan fingerprint density at radius 1 is 1.67 bits per heavy atom. The first-order valence-electron chi connectivity index (χ1n) is 4.52. The van der Waals surface area contributed by atoms with Crippen molar-refractivity contribution in [3.8, 4) is 0 Å². The molecule has 1 aromatic rings. The van der Waals surface area contributed by atoms with Gasteiger partial charge in [0, 0.05) is 12.1 Å². The van der Waals surface area contributed by atoms with Gasteiger partial charge >= 0.3 is 5.97 Å². The Bertz CT molecular complexity index is 368. The number of carboxylic acids is 1. The lowest BCUT2D eigenvalue weighted by molar-refractivity contribution is 0.0696. The molecule has 0 fully saturated rings. The number of carbonyl (C=O) groups is 1. The van der Waals surface area contributed by atoms with Crippen LogP contribution in [0.25, 0.3) is 0 Å². The lowest BCUT2D eigenvalue weighted by Gasteiger charge is -2.10. The first kappa shape index (κ1) is 12.3. The summed E-state index contributed by atoms with van der Waals surface area (Å²) in [6.45, 7) is 1.93. The second kappa shape index (κ2) is 5.33. The maximum absolute atomic E-state index is 10.7. The number of pyridine rings is 1. The average molecular weight is 248 g/mol. The third-order valence-electron chi connectivity index (χ3n) is 2.05. The van der Waals surface area contributed by atoms with Gasteiger partial charge in [0.15, 0.2) is 0 Å². The molecule has 1 atom stereocenters. The van der Waals surface area contributed by atoms with Crippen LogP contribution in [0.3, 0.4) is 0 Å². The number of nitrogens with zero attached hydrogens (tertiary/aromatic N) is 1. The largest absolute Gasteiger partial charge is 0.478 e. The Morgan fingerprint density at radius 2 is 2.33 bits per heavy atom. The van der Waals surface area contributed by atoms with Gasteiger partial charge in [-0.2, -0.15) is 0 Å². The molecular formula is C10H11Cl2NO2. The number of halogens is 2. The Labute approximate surface area is 98.0 Å². The van der Waals surface area contributed by atoms with Crippen molar-refractivity contribution in [1.82, 2.24) is 4.98 Å². The van der Waals surface area contributed by atoms with Gasteiger partial charge in [0.25, 0.3) is 0 Å². The molecule has 3 nitrogen and oxygen atoms in total. The Morgan fingerprint density at radius 3 is 2.80 bits per heavy atom. The smallest absolute Gasteiger partial charge is 0.337 e. The van der Waals surface area contributed by atoms with E-state index in [4.69, 9.17) is 28.3 Å². The minimum atomic E-state index is -1.01. The predicted octanol–water partition coefficient (Wildman–Crippen LogP) is 3.21. The van der Waals surface area contributed by atoms with Crippen LogP contribution in [0.15, 0.2) is 12.3 Å². The van der Waals surface area contributed by atoms with Gasteiger partial charge in [0.2, 0.25) is 0 Å². The molecule has 0 saturated carbocycles. The number of alkyl halides is 2. The molecule has 0 aliphatic rings. The van der Waals surface area contributed by atoms with Gasteiger partial charge in [0.05, 0.1) is 16.6 Å². The number of rotatable bonds is 4. The molecule has 15 heavy (non-hydrogen) atoms. The van der Waals surface area contributed by atoms with E-state index < -0.39 is 5.97 Å². The molecule has 0 spiro atoms. The molecule has 0 aliphatic heterocycles. The van der Waals surface area contributed by atoms with Crippen molar-refractivity contribution in [3.05, 3.63) is 29.1 Å². The van der Waals surface area contributed by atoms with Crippen LogP contribution < -0.4 is 0 Å². The van der Waals surface area contributed by atoms with Crippen LogP contribution in [-0.2, 0) is 5.88 Å². The zero-order valence-corrected chi connectivity index (χ0v) is 9.72. The summed E-state index contributed by atoms with van der Waals surface area (Å²) in [4.78, 5) is 14.7. The summed E-state index contributed by atoms with van der Waals surface area (Å²) in [7, 11) is 0.